The molecular formula is C12H15N3O3S. The molecule has 0 spiro atoms. The summed E-state index contributed by atoms with van der Waals surface area (Å²) in [6.45, 7) is 0. The molecule has 0 amide bonds. The van der Waals surface area contributed by atoms with E-state index in [2.05, 4.69) is 4.98 Å². The van der Waals surface area contributed by atoms with Crippen LogP contribution in [0.3, 0.4) is 0 Å². The van der Waals surface area contributed by atoms with Crippen LogP contribution >= 0.6 is 0 Å². The van der Waals surface area contributed by atoms with Crippen LogP contribution < -0.4 is 4.74 Å². The van der Waals surface area contributed by atoms with Gasteiger partial charge in [0.15, 0.2) is 0 Å². The summed E-state index contributed by atoms with van der Waals surface area (Å²) < 4.78 is 31.4. The van der Waals surface area contributed by atoms with Gasteiger partial charge < -0.3 is 4.74 Å². The summed E-state index contributed by atoms with van der Waals surface area (Å²) >= 11 is 0. The molecule has 0 fully saturated rings. The SMILES string of the molecule is COc1nc(-c2ccccc2)cn1S(=O)(=O)N(C)C. The number of rotatable bonds is 4. The van der Waals surface area contributed by atoms with Gasteiger partial charge in [0.2, 0.25) is 0 Å². The maximum atomic E-state index is 12.1. The summed E-state index contributed by atoms with van der Waals surface area (Å²) in [7, 11) is 0.654. The zero-order chi connectivity index (χ0) is 14.0. The molecule has 1 aromatic heterocycles. The topological polar surface area (TPSA) is 64.4 Å². The molecular weight excluding hydrogens is 266 g/mol. The Morgan fingerprint density at radius 3 is 2.37 bits per heavy atom. The van der Waals surface area contributed by atoms with Crippen molar-refractivity contribution in [1.29, 1.82) is 0 Å². The Kier molecular flexibility index (Phi) is 3.59. The molecule has 7 heteroatoms. The molecule has 19 heavy (non-hydrogen) atoms. The molecule has 0 bridgehead atoms. The van der Waals surface area contributed by atoms with Gasteiger partial charge in [-0.25, -0.2) is 0 Å². The fourth-order valence-corrected chi connectivity index (χ4v) is 2.47. The summed E-state index contributed by atoms with van der Waals surface area (Å²) in [5.74, 6) is 0. The highest BCUT2D eigenvalue weighted by Crippen LogP contribution is 2.23. The lowest BCUT2D eigenvalue weighted by Crippen LogP contribution is -2.28. The van der Waals surface area contributed by atoms with Crippen LogP contribution in [0.15, 0.2) is 36.5 Å². The Morgan fingerprint density at radius 2 is 1.84 bits per heavy atom. The summed E-state index contributed by atoms with van der Waals surface area (Å²) in [5, 5.41) is 0. The van der Waals surface area contributed by atoms with Crippen molar-refractivity contribution in [2.24, 2.45) is 0 Å². The van der Waals surface area contributed by atoms with Crippen LogP contribution in [0.5, 0.6) is 6.01 Å². The van der Waals surface area contributed by atoms with Crippen LogP contribution in [0.1, 0.15) is 0 Å². The Labute approximate surface area is 112 Å². The van der Waals surface area contributed by atoms with Crippen molar-refractivity contribution < 1.29 is 13.2 Å². The highest BCUT2D eigenvalue weighted by molar-refractivity contribution is 7.87. The van der Waals surface area contributed by atoms with Crippen LogP contribution in [0, 0.1) is 0 Å². The van der Waals surface area contributed by atoms with Crippen molar-refractivity contribution in [3.8, 4) is 17.3 Å². The lowest BCUT2D eigenvalue weighted by molar-refractivity contribution is 0.374. The van der Waals surface area contributed by atoms with Gasteiger partial charge in [0, 0.05) is 19.7 Å². The van der Waals surface area contributed by atoms with Crippen molar-refractivity contribution in [2.45, 2.75) is 0 Å². The van der Waals surface area contributed by atoms with Crippen molar-refractivity contribution in [1.82, 2.24) is 13.3 Å². The second-order valence-electron chi connectivity index (χ2n) is 4.06. The second-order valence-corrected chi connectivity index (χ2v) is 6.08. The Balaban J connectivity index is 2.56. The van der Waals surface area contributed by atoms with Gasteiger partial charge in [-0.15, -0.1) is 0 Å². The summed E-state index contributed by atoms with van der Waals surface area (Å²) in [6.07, 6.45) is 1.45. The minimum atomic E-state index is -3.64. The highest BCUT2D eigenvalue weighted by atomic mass is 32.2. The minimum Gasteiger partial charge on any atom is -0.467 e. The van der Waals surface area contributed by atoms with E-state index < -0.39 is 10.2 Å². The predicted molar refractivity (Wildman–Crippen MR) is 72.2 cm³/mol. The molecule has 2 aromatic rings. The number of ether oxygens (including phenoxy) is 1. The summed E-state index contributed by atoms with van der Waals surface area (Å²) in [6, 6.07) is 9.35. The van der Waals surface area contributed by atoms with Gasteiger partial charge >= 0.3 is 16.2 Å². The first-order valence-corrected chi connectivity index (χ1v) is 6.98. The molecule has 102 valence electrons. The molecule has 0 unspecified atom stereocenters. The van der Waals surface area contributed by atoms with Gasteiger partial charge in [-0.05, 0) is 0 Å². The van der Waals surface area contributed by atoms with Crippen LogP contribution in [0.25, 0.3) is 11.3 Å². The van der Waals surface area contributed by atoms with Gasteiger partial charge in [0.05, 0.1) is 19.0 Å². The van der Waals surface area contributed by atoms with Crippen LogP contribution in [0.2, 0.25) is 0 Å². The fraction of sp³-hybridized carbons (Fsp3) is 0.250. The number of methoxy groups -OCH3 is 1. The Morgan fingerprint density at radius 1 is 1.21 bits per heavy atom. The van der Waals surface area contributed by atoms with Gasteiger partial charge in [0.1, 0.15) is 0 Å². The molecule has 0 aliphatic rings. The van der Waals surface area contributed by atoms with Gasteiger partial charge in [-0.2, -0.15) is 21.7 Å². The number of imidazole rings is 1. The second kappa shape index (κ2) is 5.02. The van der Waals surface area contributed by atoms with E-state index in [4.69, 9.17) is 4.74 Å². The molecule has 0 atom stereocenters. The van der Waals surface area contributed by atoms with E-state index in [1.807, 2.05) is 30.3 Å². The first kappa shape index (κ1) is 13.6. The lowest BCUT2D eigenvalue weighted by atomic mass is 10.2. The molecule has 1 aromatic carbocycles. The average Bonchev–Trinajstić information content (AvgIpc) is 2.84. The molecule has 1 heterocycles. The van der Waals surface area contributed by atoms with Crippen molar-refractivity contribution in [3.05, 3.63) is 36.5 Å². The molecule has 2 rings (SSSR count). The third-order valence-corrected chi connectivity index (χ3v) is 4.29. The molecule has 0 saturated carbocycles. The number of aromatic nitrogens is 2. The summed E-state index contributed by atoms with van der Waals surface area (Å²) in [5.41, 5.74) is 1.37. The van der Waals surface area contributed by atoms with Crippen molar-refractivity contribution >= 4 is 10.2 Å². The largest absolute Gasteiger partial charge is 0.467 e. The maximum Gasteiger partial charge on any atom is 0.311 e. The van der Waals surface area contributed by atoms with Gasteiger partial charge in [-0.1, -0.05) is 30.3 Å². The standard InChI is InChI=1S/C12H15N3O3S/c1-14(2)19(16,17)15-9-11(13-12(15)18-3)10-7-5-4-6-8-10/h4-9H,1-3H3. The van der Waals surface area contributed by atoms with Crippen LogP contribution in [-0.2, 0) is 10.2 Å². The van der Waals surface area contributed by atoms with E-state index >= 15 is 0 Å². The van der Waals surface area contributed by atoms with E-state index in [9.17, 15) is 8.42 Å². The molecule has 0 aliphatic carbocycles. The lowest BCUT2D eigenvalue weighted by Gasteiger charge is -2.12. The first-order chi connectivity index (χ1) is 8.96. The van der Waals surface area contributed by atoms with Crippen LogP contribution in [-0.4, -0.2) is 42.9 Å². The van der Waals surface area contributed by atoms with E-state index in [-0.39, 0.29) is 6.01 Å². The number of hydrogen-bond donors (Lipinski definition) is 0. The number of benzene rings is 1. The first-order valence-electron chi connectivity index (χ1n) is 5.58. The minimum absolute atomic E-state index is 0.0348. The molecule has 0 aliphatic heterocycles. The summed E-state index contributed by atoms with van der Waals surface area (Å²) in [4.78, 5) is 4.18. The van der Waals surface area contributed by atoms with Gasteiger partial charge in [-0.3, -0.25) is 0 Å². The quantitative estimate of drug-likeness (QED) is 0.845. The van der Waals surface area contributed by atoms with E-state index in [1.54, 1.807) is 0 Å². The van der Waals surface area contributed by atoms with Crippen molar-refractivity contribution in [2.75, 3.05) is 21.2 Å². The third kappa shape index (κ3) is 2.47. The van der Waals surface area contributed by atoms with E-state index in [1.165, 1.54) is 27.4 Å². The Hall–Kier alpha value is -1.86. The van der Waals surface area contributed by atoms with Crippen molar-refractivity contribution in [3.63, 3.8) is 0 Å². The molecule has 0 radical (unpaired) electrons. The zero-order valence-electron chi connectivity index (χ0n) is 10.9. The number of hydrogen-bond acceptors (Lipinski definition) is 4. The molecule has 0 N–H and O–H groups in total. The van der Waals surface area contributed by atoms with E-state index in [0.717, 1.165) is 13.8 Å². The monoisotopic (exact) mass is 281 g/mol. The van der Waals surface area contributed by atoms with Gasteiger partial charge in [0.25, 0.3) is 0 Å². The number of nitrogens with zero attached hydrogens (tertiary/aromatic N) is 3. The van der Waals surface area contributed by atoms with Crippen LogP contribution in [0.4, 0.5) is 0 Å². The fourth-order valence-electron chi connectivity index (χ4n) is 1.57. The van der Waals surface area contributed by atoms with E-state index in [0.29, 0.717) is 5.69 Å². The Bertz CT molecular complexity index is 663. The highest BCUT2D eigenvalue weighted by Gasteiger charge is 2.23. The maximum absolute atomic E-state index is 12.1. The third-order valence-electron chi connectivity index (χ3n) is 2.61. The predicted octanol–water partition coefficient (Wildman–Crippen LogP) is 1.21. The zero-order valence-corrected chi connectivity index (χ0v) is 11.8. The average molecular weight is 281 g/mol. The molecule has 6 nitrogen and oxygen atoms in total. The molecule has 0 saturated heterocycles. The smallest absolute Gasteiger partial charge is 0.311 e. The normalized spacial score (nSPS) is 11.8.